The first kappa shape index (κ1) is 23.9. The second-order valence-electron chi connectivity index (χ2n) is 6.27. The number of carbonyl (C=O) groups is 1. The predicted octanol–water partition coefficient (Wildman–Crippen LogP) is 5.95. The lowest BCUT2D eigenvalue weighted by molar-refractivity contribution is -0.140. The third kappa shape index (κ3) is 8.20. The summed E-state index contributed by atoms with van der Waals surface area (Å²) in [5.74, 6) is -0.211. The first-order valence-corrected chi connectivity index (χ1v) is 9.58. The fourth-order valence-electron chi connectivity index (χ4n) is 2.62. The van der Waals surface area contributed by atoms with Crippen LogP contribution in [0.4, 0.5) is 17.1 Å². The lowest BCUT2D eigenvalue weighted by Crippen LogP contribution is -2.09. The molecule has 0 bridgehead atoms. The van der Waals surface area contributed by atoms with Crippen LogP contribution in [0.15, 0.2) is 78.9 Å². The Morgan fingerprint density at radius 3 is 1.45 bits per heavy atom. The smallest absolute Gasteiger partial charge is 0.302 e. The summed E-state index contributed by atoms with van der Waals surface area (Å²) in [5.41, 5.74) is 6.07. The Hall–Kier alpha value is -3.11. The number of benzene rings is 3. The van der Waals surface area contributed by atoms with E-state index >= 15 is 0 Å². The van der Waals surface area contributed by atoms with Crippen LogP contribution >= 0.6 is 0 Å². The number of nitrogens with zero attached hydrogens (tertiary/aromatic N) is 1. The summed E-state index contributed by atoms with van der Waals surface area (Å²) < 4.78 is 4.40. The van der Waals surface area contributed by atoms with Crippen LogP contribution in [0, 0.1) is 13.8 Å². The maximum absolute atomic E-state index is 9.82. The number of hydrogen-bond donors (Lipinski definition) is 1. The lowest BCUT2D eigenvalue weighted by atomic mass is 10.1. The van der Waals surface area contributed by atoms with Crippen molar-refractivity contribution < 1.29 is 14.6 Å². The van der Waals surface area contributed by atoms with Gasteiger partial charge in [-0.3, -0.25) is 4.79 Å². The molecule has 0 amide bonds. The van der Waals surface area contributed by atoms with Gasteiger partial charge in [-0.1, -0.05) is 53.6 Å². The van der Waals surface area contributed by atoms with E-state index in [0.29, 0.717) is 6.61 Å². The van der Waals surface area contributed by atoms with Gasteiger partial charge in [-0.05, 0) is 57.2 Å². The van der Waals surface area contributed by atoms with Gasteiger partial charge in [-0.25, -0.2) is 0 Å². The highest BCUT2D eigenvalue weighted by atomic mass is 16.5. The van der Waals surface area contributed by atoms with Gasteiger partial charge in [0.15, 0.2) is 0 Å². The molecule has 0 unspecified atom stereocenters. The molecule has 0 saturated heterocycles. The number of aliphatic hydroxyl groups excluding tert-OH is 1. The first-order chi connectivity index (χ1) is 14.0. The van der Waals surface area contributed by atoms with Gasteiger partial charge < -0.3 is 14.7 Å². The van der Waals surface area contributed by atoms with Crippen LogP contribution < -0.4 is 4.90 Å². The molecule has 0 atom stereocenters. The Balaban J connectivity index is 0.000000454. The van der Waals surface area contributed by atoms with Crippen molar-refractivity contribution in [1.82, 2.24) is 0 Å². The van der Waals surface area contributed by atoms with Gasteiger partial charge in [0, 0.05) is 31.1 Å². The Kier molecular flexibility index (Phi) is 10.8. The number of aryl methyl sites for hydroxylation is 2. The number of hydrogen-bond acceptors (Lipinski definition) is 4. The summed E-state index contributed by atoms with van der Waals surface area (Å²) in [6.45, 7) is 7.88. The fraction of sp³-hybridized carbons (Fsp3) is 0.240. The minimum atomic E-state index is -0.211. The van der Waals surface area contributed by atoms with Crippen molar-refractivity contribution in [3.63, 3.8) is 0 Å². The minimum absolute atomic E-state index is 0.211. The zero-order chi connectivity index (χ0) is 21.6. The Labute approximate surface area is 174 Å². The molecule has 0 spiro atoms. The maximum Gasteiger partial charge on any atom is 0.302 e. The van der Waals surface area contributed by atoms with E-state index < -0.39 is 0 Å². The third-order valence-corrected chi connectivity index (χ3v) is 3.95. The molecule has 3 aromatic rings. The number of ether oxygens (including phenoxy) is 1. The van der Waals surface area contributed by atoms with E-state index in [4.69, 9.17) is 5.11 Å². The second-order valence-corrected chi connectivity index (χ2v) is 6.27. The Morgan fingerprint density at radius 2 is 1.14 bits per heavy atom. The van der Waals surface area contributed by atoms with Crippen molar-refractivity contribution in [3.8, 4) is 0 Å². The molecule has 0 aliphatic rings. The first-order valence-electron chi connectivity index (χ1n) is 9.58. The van der Waals surface area contributed by atoms with E-state index in [9.17, 15) is 4.79 Å². The minimum Gasteiger partial charge on any atom is -0.466 e. The van der Waals surface area contributed by atoms with Crippen molar-refractivity contribution in [2.45, 2.75) is 27.7 Å². The highest BCUT2D eigenvalue weighted by Crippen LogP contribution is 2.34. The molecule has 0 aliphatic heterocycles. The molecule has 0 saturated carbocycles. The summed E-state index contributed by atoms with van der Waals surface area (Å²) in [7, 11) is 1.00. The van der Waals surface area contributed by atoms with Gasteiger partial charge in [0.05, 0.1) is 6.61 Å². The van der Waals surface area contributed by atoms with E-state index in [2.05, 4.69) is 96.3 Å². The second kappa shape index (κ2) is 13.1. The predicted molar refractivity (Wildman–Crippen MR) is 121 cm³/mol. The van der Waals surface area contributed by atoms with Gasteiger partial charge in [0.25, 0.3) is 0 Å². The lowest BCUT2D eigenvalue weighted by Gasteiger charge is -2.25. The molecule has 0 fully saturated rings. The van der Waals surface area contributed by atoms with Gasteiger partial charge in [-0.2, -0.15) is 0 Å². The molecular formula is C25H31NO3. The van der Waals surface area contributed by atoms with Gasteiger partial charge in [0.1, 0.15) is 0 Å². The highest BCUT2D eigenvalue weighted by molar-refractivity contribution is 5.76. The van der Waals surface area contributed by atoms with E-state index in [1.807, 2.05) is 6.07 Å². The number of anilines is 3. The van der Waals surface area contributed by atoms with E-state index in [-0.39, 0.29) is 5.97 Å². The molecule has 0 radical (unpaired) electrons. The third-order valence-electron chi connectivity index (χ3n) is 3.95. The molecule has 3 rings (SSSR count). The fourth-order valence-corrected chi connectivity index (χ4v) is 2.62. The van der Waals surface area contributed by atoms with Crippen LogP contribution in [-0.4, -0.2) is 24.8 Å². The Bertz CT molecular complexity index is 783. The molecule has 1 N–H and O–H groups in total. The summed E-state index contributed by atoms with van der Waals surface area (Å²) >= 11 is 0. The zero-order valence-corrected chi connectivity index (χ0v) is 17.9. The normalized spacial score (nSPS) is 9.31. The molecule has 0 aliphatic carbocycles. The number of carbonyl (C=O) groups excluding carboxylic acids is 1. The number of esters is 1. The quantitative estimate of drug-likeness (QED) is 0.556. The summed E-state index contributed by atoms with van der Waals surface area (Å²) in [5, 5.41) is 7.00. The zero-order valence-electron chi connectivity index (χ0n) is 17.9. The molecular weight excluding hydrogens is 362 g/mol. The summed E-state index contributed by atoms with van der Waals surface area (Å²) in [4.78, 5) is 12.1. The molecule has 0 aromatic heterocycles. The van der Waals surface area contributed by atoms with Crippen LogP contribution in [0.1, 0.15) is 25.0 Å². The number of rotatable bonds is 4. The standard InChI is InChI=1S/C20H19N.C4H8O2.CH4O/c1-16-8-12-19(13-9-16)21(18-6-4-3-5-7-18)20-14-10-17(2)11-15-20;1-3-6-4(2)5;1-2/h3-15H,1-2H3;3H2,1-2H3;2H,1H3. The number of aliphatic hydroxyl groups is 1. The Morgan fingerprint density at radius 1 is 0.759 bits per heavy atom. The topological polar surface area (TPSA) is 49.8 Å². The van der Waals surface area contributed by atoms with Crippen LogP contribution in [0.3, 0.4) is 0 Å². The van der Waals surface area contributed by atoms with Crippen LogP contribution in [0.5, 0.6) is 0 Å². The van der Waals surface area contributed by atoms with Gasteiger partial charge in [0.2, 0.25) is 0 Å². The average Bonchev–Trinajstić information content (AvgIpc) is 2.74. The highest BCUT2D eigenvalue weighted by Gasteiger charge is 2.11. The van der Waals surface area contributed by atoms with Crippen molar-refractivity contribution in [1.29, 1.82) is 0 Å². The monoisotopic (exact) mass is 393 g/mol. The van der Waals surface area contributed by atoms with Crippen molar-refractivity contribution in [3.05, 3.63) is 90.0 Å². The molecule has 29 heavy (non-hydrogen) atoms. The van der Waals surface area contributed by atoms with E-state index in [0.717, 1.165) is 7.11 Å². The molecule has 3 aromatic carbocycles. The maximum atomic E-state index is 9.82. The van der Waals surface area contributed by atoms with Crippen molar-refractivity contribution in [2.75, 3.05) is 18.6 Å². The van der Waals surface area contributed by atoms with E-state index in [1.165, 1.54) is 35.1 Å². The molecule has 0 heterocycles. The van der Waals surface area contributed by atoms with Crippen LogP contribution in [0.25, 0.3) is 0 Å². The number of para-hydroxylation sites is 1. The SMILES string of the molecule is CCOC(C)=O.CO.Cc1ccc(N(c2ccccc2)c2ccc(C)cc2)cc1. The molecule has 4 heteroatoms. The van der Waals surface area contributed by atoms with Crippen molar-refractivity contribution >= 4 is 23.0 Å². The average molecular weight is 394 g/mol. The largest absolute Gasteiger partial charge is 0.466 e. The summed E-state index contributed by atoms with van der Waals surface area (Å²) in [6.07, 6.45) is 0. The van der Waals surface area contributed by atoms with Gasteiger partial charge in [-0.15, -0.1) is 0 Å². The van der Waals surface area contributed by atoms with Crippen LogP contribution in [-0.2, 0) is 9.53 Å². The summed E-state index contributed by atoms with van der Waals surface area (Å²) in [6, 6.07) is 27.8. The van der Waals surface area contributed by atoms with E-state index in [1.54, 1.807) is 6.92 Å². The van der Waals surface area contributed by atoms with Crippen LogP contribution in [0.2, 0.25) is 0 Å². The van der Waals surface area contributed by atoms with Gasteiger partial charge >= 0.3 is 5.97 Å². The molecule has 154 valence electrons. The van der Waals surface area contributed by atoms with Crippen molar-refractivity contribution in [2.24, 2.45) is 0 Å². The molecule has 4 nitrogen and oxygen atoms in total.